The normalized spacial score (nSPS) is 19.7. The summed E-state index contributed by atoms with van der Waals surface area (Å²) in [6.45, 7) is 7.27. The topological polar surface area (TPSA) is 76.4 Å². The van der Waals surface area contributed by atoms with Gasteiger partial charge < -0.3 is 21.1 Å². The van der Waals surface area contributed by atoms with Crippen molar-refractivity contribution in [2.75, 3.05) is 19.8 Å². The summed E-state index contributed by atoms with van der Waals surface area (Å²) in [6.07, 6.45) is 0. The number of rotatable bonds is 2. The molecule has 82 valence electrons. The average molecular weight is 201 g/mol. The second-order valence-electron chi connectivity index (χ2n) is 4.91. The molecule has 0 aliphatic carbocycles. The highest BCUT2D eigenvalue weighted by Gasteiger charge is 2.34. The maximum atomic E-state index is 11.3. The Morgan fingerprint density at radius 1 is 1.50 bits per heavy atom. The largest absolute Gasteiger partial charge is 0.377 e. The van der Waals surface area contributed by atoms with Gasteiger partial charge in [-0.3, -0.25) is 0 Å². The van der Waals surface area contributed by atoms with Crippen molar-refractivity contribution in [3.63, 3.8) is 0 Å². The molecule has 0 radical (unpaired) electrons. The number of nitrogens with two attached hydrogens (primary N) is 1. The van der Waals surface area contributed by atoms with Crippen molar-refractivity contribution in [1.29, 1.82) is 0 Å². The fourth-order valence-electron chi connectivity index (χ4n) is 1.11. The van der Waals surface area contributed by atoms with E-state index in [4.69, 9.17) is 10.5 Å². The van der Waals surface area contributed by atoms with Gasteiger partial charge in [-0.15, -0.1) is 0 Å². The number of hydrogen-bond acceptors (Lipinski definition) is 3. The number of hydrogen-bond donors (Lipinski definition) is 3. The molecule has 0 saturated carbocycles. The Hall–Kier alpha value is -0.810. The zero-order chi connectivity index (χ0) is 10.8. The maximum absolute atomic E-state index is 11.3. The fraction of sp³-hybridized carbons (Fsp3) is 0.889. The molecule has 5 heteroatoms. The van der Waals surface area contributed by atoms with Crippen molar-refractivity contribution in [3.8, 4) is 0 Å². The molecule has 1 rings (SSSR count). The molecule has 1 saturated heterocycles. The standard InChI is InChI=1S/C9H19N3O2/c1-8(2,3)12-7(13)11-4-9(10)5-14-6-9/h4-6,10H2,1-3H3,(H2,11,12,13). The van der Waals surface area contributed by atoms with Crippen LogP contribution in [0.1, 0.15) is 20.8 Å². The SMILES string of the molecule is CC(C)(C)NC(=O)NCC1(N)COC1. The van der Waals surface area contributed by atoms with E-state index in [9.17, 15) is 4.79 Å². The molecule has 1 fully saturated rings. The molecule has 1 aliphatic heterocycles. The van der Waals surface area contributed by atoms with Crippen molar-refractivity contribution in [1.82, 2.24) is 10.6 Å². The lowest BCUT2D eigenvalue weighted by atomic mass is 9.99. The molecule has 1 aliphatic rings. The Balaban J connectivity index is 2.21. The van der Waals surface area contributed by atoms with Gasteiger partial charge in [-0.2, -0.15) is 0 Å². The van der Waals surface area contributed by atoms with Crippen LogP contribution in [0.2, 0.25) is 0 Å². The highest BCUT2D eigenvalue weighted by Crippen LogP contribution is 2.11. The van der Waals surface area contributed by atoms with E-state index in [-0.39, 0.29) is 17.1 Å². The Kier molecular flexibility index (Phi) is 3.01. The van der Waals surface area contributed by atoms with Gasteiger partial charge in [0.25, 0.3) is 0 Å². The lowest BCUT2D eigenvalue weighted by Gasteiger charge is -2.37. The number of ether oxygens (including phenoxy) is 1. The second kappa shape index (κ2) is 3.74. The molecular weight excluding hydrogens is 182 g/mol. The minimum atomic E-state index is -0.366. The van der Waals surface area contributed by atoms with Crippen LogP contribution in [0.4, 0.5) is 4.79 Å². The van der Waals surface area contributed by atoms with Gasteiger partial charge in [-0.25, -0.2) is 4.79 Å². The van der Waals surface area contributed by atoms with Gasteiger partial charge in [0.05, 0.1) is 18.8 Å². The molecular formula is C9H19N3O2. The Morgan fingerprint density at radius 3 is 2.43 bits per heavy atom. The van der Waals surface area contributed by atoms with Gasteiger partial charge in [-0.05, 0) is 20.8 Å². The zero-order valence-electron chi connectivity index (χ0n) is 9.02. The monoisotopic (exact) mass is 201 g/mol. The summed E-state index contributed by atoms with van der Waals surface area (Å²) in [5, 5.41) is 5.52. The van der Waals surface area contributed by atoms with E-state index < -0.39 is 0 Å². The van der Waals surface area contributed by atoms with E-state index in [0.717, 1.165) is 0 Å². The van der Waals surface area contributed by atoms with E-state index >= 15 is 0 Å². The molecule has 0 bridgehead atoms. The number of carbonyl (C=O) groups excluding carboxylic acids is 1. The number of amides is 2. The first-order chi connectivity index (χ1) is 6.31. The van der Waals surface area contributed by atoms with Crippen LogP contribution in [0.3, 0.4) is 0 Å². The summed E-state index contributed by atoms with van der Waals surface area (Å²) >= 11 is 0. The lowest BCUT2D eigenvalue weighted by Crippen LogP contribution is -2.64. The molecule has 0 aromatic heterocycles. The van der Waals surface area contributed by atoms with Crippen LogP contribution in [-0.2, 0) is 4.74 Å². The molecule has 14 heavy (non-hydrogen) atoms. The van der Waals surface area contributed by atoms with E-state index in [1.54, 1.807) is 0 Å². The summed E-state index contributed by atoms with van der Waals surface area (Å²) in [5.74, 6) is 0. The van der Waals surface area contributed by atoms with Crippen LogP contribution in [-0.4, -0.2) is 36.9 Å². The van der Waals surface area contributed by atoms with Crippen LogP contribution in [0, 0.1) is 0 Å². The van der Waals surface area contributed by atoms with Crippen LogP contribution < -0.4 is 16.4 Å². The van der Waals surface area contributed by atoms with Gasteiger partial charge in [0.15, 0.2) is 0 Å². The Bertz CT molecular complexity index is 219. The summed E-state index contributed by atoms with van der Waals surface area (Å²) in [5.41, 5.74) is 5.26. The highest BCUT2D eigenvalue weighted by molar-refractivity contribution is 5.74. The molecule has 0 aromatic rings. The number of urea groups is 1. The summed E-state index contributed by atoms with van der Waals surface area (Å²) in [6, 6.07) is -0.186. The van der Waals surface area contributed by atoms with Crippen LogP contribution >= 0.6 is 0 Å². The maximum Gasteiger partial charge on any atom is 0.315 e. The third-order valence-electron chi connectivity index (χ3n) is 1.87. The van der Waals surface area contributed by atoms with Gasteiger partial charge in [0, 0.05) is 12.1 Å². The van der Waals surface area contributed by atoms with Crippen molar-refractivity contribution in [3.05, 3.63) is 0 Å². The quantitative estimate of drug-likeness (QED) is 0.579. The third-order valence-corrected chi connectivity index (χ3v) is 1.87. The van der Waals surface area contributed by atoms with Crippen LogP contribution in [0.25, 0.3) is 0 Å². The molecule has 0 unspecified atom stereocenters. The van der Waals surface area contributed by atoms with Gasteiger partial charge in [0.2, 0.25) is 0 Å². The molecule has 1 heterocycles. The van der Waals surface area contributed by atoms with Crippen molar-refractivity contribution >= 4 is 6.03 Å². The fourth-order valence-corrected chi connectivity index (χ4v) is 1.11. The minimum absolute atomic E-state index is 0.186. The first-order valence-corrected chi connectivity index (χ1v) is 4.73. The van der Waals surface area contributed by atoms with Crippen LogP contribution in [0.15, 0.2) is 0 Å². The lowest BCUT2D eigenvalue weighted by molar-refractivity contribution is -0.0508. The first-order valence-electron chi connectivity index (χ1n) is 4.73. The van der Waals surface area contributed by atoms with Crippen molar-refractivity contribution < 1.29 is 9.53 Å². The number of nitrogens with one attached hydrogen (secondary N) is 2. The summed E-state index contributed by atoms with van der Waals surface area (Å²) in [7, 11) is 0. The van der Waals surface area contributed by atoms with Gasteiger partial charge >= 0.3 is 6.03 Å². The molecule has 0 atom stereocenters. The predicted molar refractivity (Wildman–Crippen MR) is 54.0 cm³/mol. The average Bonchev–Trinajstić information content (AvgIpc) is 1.94. The summed E-state index contributed by atoms with van der Waals surface area (Å²) < 4.78 is 4.97. The van der Waals surface area contributed by atoms with E-state index in [1.165, 1.54) is 0 Å². The second-order valence-corrected chi connectivity index (χ2v) is 4.91. The Morgan fingerprint density at radius 2 is 2.07 bits per heavy atom. The molecule has 4 N–H and O–H groups in total. The molecule has 2 amide bonds. The molecule has 0 spiro atoms. The molecule has 5 nitrogen and oxygen atoms in total. The first kappa shape index (κ1) is 11.3. The number of carbonyl (C=O) groups is 1. The third kappa shape index (κ3) is 3.51. The van der Waals surface area contributed by atoms with E-state index in [0.29, 0.717) is 19.8 Å². The van der Waals surface area contributed by atoms with Crippen molar-refractivity contribution in [2.24, 2.45) is 5.73 Å². The zero-order valence-corrected chi connectivity index (χ0v) is 9.02. The minimum Gasteiger partial charge on any atom is -0.377 e. The van der Waals surface area contributed by atoms with Crippen molar-refractivity contribution in [2.45, 2.75) is 31.8 Å². The van der Waals surface area contributed by atoms with Crippen LogP contribution in [0.5, 0.6) is 0 Å². The Labute approximate surface area is 84.4 Å². The smallest absolute Gasteiger partial charge is 0.315 e. The summed E-state index contributed by atoms with van der Waals surface area (Å²) in [4.78, 5) is 11.3. The van der Waals surface area contributed by atoms with Gasteiger partial charge in [0.1, 0.15) is 0 Å². The predicted octanol–water partition coefficient (Wildman–Crippen LogP) is -0.188. The van der Waals surface area contributed by atoms with E-state index in [2.05, 4.69) is 10.6 Å². The molecule has 0 aromatic carbocycles. The van der Waals surface area contributed by atoms with E-state index in [1.807, 2.05) is 20.8 Å². The highest BCUT2D eigenvalue weighted by atomic mass is 16.5. The van der Waals surface area contributed by atoms with Gasteiger partial charge in [-0.1, -0.05) is 0 Å².